The molecule has 1 aliphatic heterocycles. The van der Waals surface area contributed by atoms with Crippen LogP contribution in [0.1, 0.15) is 11.7 Å². The summed E-state index contributed by atoms with van der Waals surface area (Å²) in [5.74, 6) is 1.49. The SMILES string of the molecule is c1ccc2c(c1)NCC(c1ccccc1-c1nc3ccccc3o1)O2. The normalized spacial score (nSPS) is 16.1. The molecule has 5 rings (SSSR count). The Labute approximate surface area is 145 Å². The van der Waals surface area contributed by atoms with Gasteiger partial charge in [0.25, 0.3) is 0 Å². The molecule has 25 heavy (non-hydrogen) atoms. The number of nitrogens with zero attached hydrogens (tertiary/aromatic N) is 1. The highest BCUT2D eigenvalue weighted by molar-refractivity contribution is 5.76. The molecule has 0 fully saturated rings. The van der Waals surface area contributed by atoms with Gasteiger partial charge in [0.2, 0.25) is 5.89 Å². The van der Waals surface area contributed by atoms with Gasteiger partial charge in [0.05, 0.1) is 12.2 Å². The lowest BCUT2D eigenvalue weighted by atomic mass is 10.0. The first-order valence-corrected chi connectivity index (χ1v) is 8.33. The largest absolute Gasteiger partial charge is 0.482 e. The molecule has 0 saturated heterocycles. The molecule has 0 aliphatic carbocycles. The molecule has 1 aliphatic rings. The van der Waals surface area contributed by atoms with Crippen LogP contribution in [0.5, 0.6) is 5.75 Å². The third-order valence-corrected chi connectivity index (χ3v) is 4.47. The average molecular weight is 328 g/mol. The van der Waals surface area contributed by atoms with Gasteiger partial charge < -0.3 is 14.5 Å². The maximum Gasteiger partial charge on any atom is 0.227 e. The smallest absolute Gasteiger partial charge is 0.227 e. The first kappa shape index (κ1) is 14.1. The second kappa shape index (κ2) is 5.67. The molecule has 1 unspecified atom stereocenters. The topological polar surface area (TPSA) is 47.3 Å². The average Bonchev–Trinajstić information content (AvgIpc) is 3.12. The summed E-state index contributed by atoms with van der Waals surface area (Å²) >= 11 is 0. The molecule has 122 valence electrons. The van der Waals surface area contributed by atoms with Crippen molar-refractivity contribution in [3.8, 4) is 17.2 Å². The van der Waals surface area contributed by atoms with Gasteiger partial charge in [0, 0.05) is 11.1 Å². The Morgan fingerprint density at radius 1 is 0.880 bits per heavy atom. The van der Waals surface area contributed by atoms with Crippen molar-refractivity contribution in [3.05, 3.63) is 78.4 Å². The summed E-state index contributed by atoms with van der Waals surface area (Å²) in [6.45, 7) is 0.703. The quantitative estimate of drug-likeness (QED) is 0.560. The lowest BCUT2D eigenvalue weighted by molar-refractivity contribution is 0.211. The van der Waals surface area contributed by atoms with Crippen LogP contribution in [-0.2, 0) is 0 Å². The number of para-hydroxylation sites is 4. The summed E-state index contributed by atoms with van der Waals surface area (Å²) in [5, 5.41) is 3.44. The molecule has 1 N–H and O–H groups in total. The Balaban J connectivity index is 1.57. The van der Waals surface area contributed by atoms with Gasteiger partial charge in [-0.3, -0.25) is 0 Å². The number of oxazole rings is 1. The Hall–Kier alpha value is -3.27. The number of rotatable bonds is 2. The standard InChI is InChI=1S/C21H16N2O2/c1-2-8-15(21-23-17-10-4-6-12-19(17)25-21)14(7-1)20-13-22-16-9-3-5-11-18(16)24-20/h1-12,20,22H,13H2. The molecule has 0 bridgehead atoms. The maximum atomic E-state index is 6.22. The first-order valence-electron chi connectivity index (χ1n) is 8.33. The van der Waals surface area contributed by atoms with Crippen molar-refractivity contribution in [1.82, 2.24) is 4.98 Å². The van der Waals surface area contributed by atoms with Gasteiger partial charge in [-0.1, -0.05) is 42.5 Å². The Morgan fingerprint density at radius 3 is 2.64 bits per heavy atom. The molecular formula is C21H16N2O2. The zero-order valence-corrected chi connectivity index (χ0v) is 13.5. The van der Waals surface area contributed by atoms with Crippen molar-refractivity contribution >= 4 is 16.8 Å². The summed E-state index contributed by atoms with van der Waals surface area (Å²) in [6.07, 6.45) is -0.0962. The fourth-order valence-corrected chi connectivity index (χ4v) is 3.25. The number of hydrogen-bond acceptors (Lipinski definition) is 4. The molecule has 4 heteroatoms. The van der Waals surface area contributed by atoms with E-state index in [4.69, 9.17) is 9.15 Å². The maximum absolute atomic E-state index is 6.22. The van der Waals surface area contributed by atoms with Gasteiger partial charge in [-0.2, -0.15) is 0 Å². The van der Waals surface area contributed by atoms with Crippen LogP contribution < -0.4 is 10.1 Å². The van der Waals surface area contributed by atoms with Crippen LogP contribution in [0.25, 0.3) is 22.6 Å². The molecule has 0 saturated carbocycles. The van der Waals surface area contributed by atoms with Crippen molar-refractivity contribution in [2.75, 3.05) is 11.9 Å². The van der Waals surface area contributed by atoms with E-state index in [1.165, 1.54) is 0 Å². The molecule has 1 aromatic heterocycles. The summed E-state index contributed by atoms with van der Waals surface area (Å²) in [4.78, 5) is 4.64. The van der Waals surface area contributed by atoms with Crippen molar-refractivity contribution in [1.29, 1.82) is 0 Å². The molecule has 4 nitrogen and oxygen atoms in total. The van der Waals surface area contributed by atoms with E-state index < -0.39 is 0 Å². The summed E-state index contributed by atoms with van der Waals surface area (Å²) < 4.78 is 12.2. The number of aromatic nitrogens is 1. The molecule has 1 atom stereocenters. The highest BCUT2D eigenvalue weighted by atomic mass is 16.5. The molecule has 3 aromatic carbocycles. The van der Waals surface area contributed by atoms with Gasteiger partial charge in [-0.05, 0) is 30.3 Å². The fourth-order valence-electron chi connectivity index (χ4n) is 3.25. The Kier molecular flexibility index (Phi) is 3.20. The van der Waals surface area contributed by atoms with E-state index >= 15 is 0 Å². The molecule has 0 spiro atoms. The number of fused-ring (bicyclic) bond motifs is 2. The van der Waals surface area contributed by atoms with Crippen LogP contribution >= 0.6 is 0 Å². The van der Waals surface area contributed by atoms with Gasteiger partial charge in [-0.25, -0.2) is 4.98 Å². The van der Waals surface area contributed by atoms with Crippen molar-refractivity contribution in [2.24, 2.45) is 0 Å². The van der Waals surface area contributed by atoms with E-state index in [2.05, 4.69) is 16.4 Å². The zero-order chi connectivity index (χ0) is 16.6. The minimum atomic E-state index is -0.0962. The highest BCUT2D eigenvalue weighted by Crippen LogP contribution is 2.37. The van der Waals surface area contributed by atoms with Crippen LogP contribution in [0.4, 0.5) is 5.69 Å². The molecular weight excluding hydrogens is 312 g/mol. The van der Waals surface area contributed by atoms with Crippen molar-refractivity contribution in [2.45, 2.75) is 6.10 Å². The van der Waals surface area contributed by atoms with E-state index in [0.29, 0.717) is 12.4 Å². The summed E-state index contributed by atoms with van der Waals surface area (Å²) in [5.41, 5.74) is 4.71. The van der Waals surface area contributed by atoms with Gasteiger partial charge in [0.1, 0.15) is 17.4 Å². The minimum absolute atomic E-state index is 0.0962. The molecule has 4 aromatic rings. The minimum Gasteiger partial charge on any atom is -0.482 e. The number of hydrogen-bond donors (Lipinski definition) is 1. The van der Waals surface area contributed by atoms with E-state index in [1.54, 1.807) is 0 Å². The number of benzene rings is 3. The van der Waals surface area contributed by atoms with E-state index in [-0.39, 0.29) is 6.10 Å². The molecule has 2 heterocycles. The Bertz CT molecular complexity index is 1020. The van der Waals surface area contributed by atoms with Crippen LogP contribution in [0, 0.1) is 0 Å². The van der Waals surface area contributed by atoms with Gasteiger partial charge in [-0.15, -0.1) is 0 Å². The van der Waals surface area contributed by atoms with Crippen molar-refractivity contribution < 1.29 is 9.15 Å². The second-order valence-electron chi connectivity index (χ2n) is 6.06. The van der Waals surface area contributed by atoms with E-state index in [0.717, 1.165) is 33.7 Å². The number of anilines is 1. The predicted octanol–water partition coefficient (Wildman–Crippen LogP) is 5.04. The van der Waals surface area contributed by atoms with Crippen LogP contribution in [-0.4, -0.2) is 11.5 Å². The number of ether oxygens (including phenoxy) is 1. The molecule has 0 radical (unpaired) electrons. The van der Waals surface area contributed by atoms with E-state index in [1.807, 2.05) is 66.7 Å². The zero-order valence-electron chi connectivity index (χ0n) is 13.5. The molecule has 0 amide bonds. The van der Waals surface area contributed by atoms with Crippen LogP contribution in [0.15, 0.2) is 77.2 Å². The van der Waals surface area contributed by atoms with Gasteiger partial charge >= 0.3 is 0 Å². The monoisotopic (exact) mass is 328 g/mol. The predicted molar refractivity (Wildman–Crippen MR) is 97.7 cm³/mol. The van der Waals surface area contributed by atoms with Crippen molar-refractivity contribution in [3.63, 3.8) is 0 Å². The second-order valence-corrected chi connectivity index (χ2v) is 6.06. The summed E-state index contributed by atoms with van der Waals surface area (Å²) in [7, 11) is 0. The summed E-state index contributed by atoms with van der Waals surface area (Å²) in [6, 6.07) is 23.9. The third kappa shape index (κ3) is 2.43. The van der Waals surface area contributed by atoms with Crippen LogP contribution in [0.3, 0.4) is 0 Å². The highest BCUT2D eigenvalue weighted by Gasteiger charge is 2.24. The lowest BCUT2D eigenvalue weighted by Gasteiger charge is -2.28. The number of nitrogens with one attached hydrogen (secondary N) is 1. The van der Waals surface area contributed by atoms with E-state index in [9.17, 15) is 0 Å². The fraction of sp³-hybridized carbons (Fsp3) is 0.0952. The lowest BCUT2D eigenvalue weighted by Crippen LogP contribution is -2.24. The first-order chi connectivity index (χ1) is 12.4. The van der Waals surface area contributed by atoms with Gasteiger partial charge in [0.15, 0.2) is 5.58 Å². The van der Waals surface area contributed by atoms with Crippen LogP contribution in [0.2, 0.25) is 0 Å². The Morgan fingerprint density at radius 2 is 1.68 bits per heavy atom. The third-order valence-electron chi connectivity index (χ3n) is 4.47.